The highest BCUT2D eigenvalue weighted by atomic mass is 19.1. The van der Waals surface area contributed by atoms with E-state index in [9.17, 15) is 9.18 Å². The van der Waals surface area contributed by atoms with Crippen molar-refractivity contribution in [2.75, 3.05) is 0 Å². The molecule has 0 saturated heterocycles. The molecule has 13 heavy (non-hydrogen) atoms. The van der Waals surface area contributed by atoms with Crippen LogP contribution < -0.4 is 5.73 Å². The Balaban J connectivity index is 2.71. The molecule has 2 nitrogen and oxygen atoms in total. The van der Waals surface area contributed by atoms with Crippen LogP contribution in [-0.4, -0.2) is 5.78 Å². The Morgan fingerprint density at radius 2 is 2.00 bits per heavy atom. The summed E-state index contributed by atoms with van der Waals surface area (Å²) in [6, 6.07) is 5.56. The molecule has 0 fully saturated rings. The molecule has 0 aliphatic carbocycles. The van der Waals surface area contributed by atoms with Gasteiger partial charge in [-0.05, 0) is 24.6 Å². The molecule has 0 unspecified atom stereocenters. The number of carbonyl (C=O) groups excluding carboxylic acids is 1. The maximum absolute atomic E-state index is 12.5. The Labute approximate surface area is 76.6 Å². The molecule has 0 aliphatic heterocycles. The lowest BCUT2D eigenvalue weighted by Gasteiger charge is -2.09. The van der Waals surface area contributed by atoms with E-state index in [4.69, 9.17) is 5.73 Å². The number of hydrogen-bond donors (Lipinski definition) is 1. The van der Waals surface area contributed by atoms with E-state index >= 15 is 0 Å². The molecule has 0 amide bonds. The van der Waals surface area contributed by atoms with Crippen molar-refractivity contribution in [3.8, 4) is 0 Å². The molecule has 1 aromatic carbocycles. The van der Waals surface area contributed by atoms with E-state index in [1.807, 2.05) is 0 Å². The highest BCUT2D eigenvalue weighted by Crippen LogP contribution is 2.14. The number of benzene rings is 1. The molecule has 0 aliphatic rings. The van der Waals surface area contributed by atoms with Gasteiger partial charge < -0.3 is 5.73 Å². The Bertz CT molecular complexity index is 294. The molecule has 0 heterocycles. The molecule has 1 rings (SSSR count). The summed E-state index contributed by atoms with van der Waals surface area (Å²) in [5.41, 5.74) is 6.49. The van der Waals surface area contributed by atoms with E-state index in [1.54, 1.807) is 12.1 Å². The third kappa shape index (κ3) is 2.95. The summed E-state index contributed by atoms with van der Waals surface area (Å²) in [6.07, 6.45) is 0.297. The zero-order chi connectivity index (χ0) is 9.84. The fourth-order valence-corrected chi connectivity index (χ4v) is 1.14. The monoisotopic (exact) mass is 181 g/mol. The van der Waals surface area contributed by atoms with Crippen molar-refractivity contribution in [1.29, 1.82) is 0 Å². The van der Waals surface area contributed by atoms with E-state index in [1.165, 1.54) is 19.1 Å². The highest BCUT2D eigenvalue weighted by Gasteiger charge is 2.07. The quantitative estimate of drug-likeness (QED) is 0.772. The third-order valence-electron chi connectivity index (χ3n) is 1.81. The minimum atomic E-state index is -0.321. The predicted octanol–water partition coefficient (Wildman–Crippen LogP) is 1.80. The summed E-state index contributed by atoms with van der Waals surface area (Å²) < 4.78 is 12.5. The largest absolute Gasteiger partial charge is 0.324 e. The molecule has 70 valence electrons. The lowest BCUT2D eigenvalue weighted by molar-refractivity contribution is -0.117. The number of rotatable bonds is 3. The normalized spacial score (nSPS) is 12.5. The smallest absolute Gasteiger partial charge is 0.131 e. The van der Waals surface area contributed by atoms with E-state index in [0.29, 0.717) is 6.42 Å². The predicted molar refractivity (Wildman–Crippen MR) is 48.6 cm³/mol. The summed E-state index contributed by atoms with van der Waals surface area (Å²) in [5, 5.41) is 0. The molecule has 3 heteroatoms. The van der Waals surface area contributed by atoms with Crippen LogP contribution in [0.4, 0.5) is 4.39 Å². The van der Waals surface area contributed by atoms with Gasteiger partial charge in [0.2, 0.25) is 0 Å². The molecule has 0 spiro atoms. The maximum Gasteiger partial charge on any atom is 0.131 e. The zero-order valence-corrected chi connectivity index (χ0v) is 7.46. The van der Waals surface area contributed by atoms with E-state index in [-0.39, 0.29) is 17.6 Å². The van der Waals surface area contributed by atoms with Crippen LogP contribution in [0.2, 0.25) is 0 Å². The molecule has 0 bridgehead atoms. The molecule has 1 atom stereocenters. The van der Waals surface area contributed by atoms with Crippen molar-refractivity contribution in [1.82, 2.24) is 0 Å². The van der Waals surface area contributed by atoms with Crippen molar-refractivity contribution >= 4 is 5.78 Å². The molecule has 0 radical (unpaired) electrons. The molecule has 0 saturated carbocycles. The van der Waals surface area contributed by atoms with Crippen LogP contribution in [0.5, 0.6) is 0 Å². The fourth-order valence-electron chi connectivity index (χ4n) is 1.14. The molecule has 0 aromatic heterocycles. The first-order valence-corrected chi connectivity index (χ1v) is 4.10. The Hall–Kier alpha value is -1.22. The van der Waals surface area contributed by atoms with Gasteiger partial charge in [-0.15, -0.1) is 0 Å². The van der Waals surface area contributed by atoms with Gasteiger partial charge in [0.05, 0.1) is 0 Å². The minimum Gasteiger partial charge on any atom is -0.324 e. The van der Waals surface area contributed by atoms with Gasteiger partial charge in [0.25, 0.3) is 0 Å². The van der Waals surface area contributed by atoms with Gasteiger partial charge >= 0.3 is 0 Å². The first kappa shape index (κ1) is 9.86. The second kappa shape index (κ2) is 4.14. The number of Topliss-reactive ketones (excluding diaryl/α,β-unsaturated/α-hetero) is 1. The Morgan fingerprint density at radius 3 is 2.46 bits per heavy atom. The summed E-state index contributed by atoms with van der Waals surface area (Å²) in [6.45, 7) is 1.49. The fraction of sp³-hybridized carbons (Fsp3) is 0.300. The number of ketones is 1. The first-order chi connectivity index (χ1) is 6.09. The summed E-state index contributed by atoms with van der Waals surface area (Å²) in [7, 11) is 0. The Morgan fingerprint density at radius 1 is 1.46 bits per heavy atom. The van der Waals surface area contributed by atoms with Gasteiger partial charge in [0, 0.05) is 12.5 Å². The third-order valence-corrected chi connectivity index (χ3v) is 1.81. The van der Waals surface area contributed by atoms with Gasteiger partial charge in [-0.25, -0.2) is 4.39 Å². The van der Waals surface area contributed by atoms with Gasteiger partial charge in [-0.2, -0.15) is 0 Å². The van der Waals surface area contributed by atoms with Gasteiger partial charge in [0.1, 0.15) is 11.6 Å². The number of hydrogen-bond acceptors (Lipinski definition) is 2. The van der Waals surface area contributed by atoms with Crippen LogP contribution in [0.1, 0.15) is 24.9 Å². The molecular weight excluding hydrogens is 169 g/mol. The van der Waals surface area contributed by atoms with Crippen molar-refractivity contribution in [2.45, 2.75) is 19.4 Å². The van der Waals surface area contributed by atoms with Crippen LogP contribution in [0.15, 0.2) is 24.3 Å². The lowest BCUT2D eigenvalue weighted by atomic mass is 10.0. The second-order valence-electron chi connectivity index (χ2n) is 3.06. The average Bonchev–Trinajstić information content (AvgIpc) is 2.04. The summed E-state index contributed by atoms with van der Waals surface area (Å²) in [5.74, 6) is -0.254. The number of halogens is 1. The van der Waals surface area contributed by atoms with Gasteiger partial charge in [-0.3, -0.25) is 4.79 Å². The minimum absolute atomic E-state index is 0.0387. The van der Waals surface area contributed by atoms with E-state index in [0.717, 1.165) is 5.56 Å². The topological polar surface area (TPSA) is 43.1 Å². The molecular formula is C10H12FNO. The summed E-state index contributed by atoms with van der Waals surface area (Å²) >= 11 is 0. The van der Waals surface area contributed by atoms with Crippen molar-refractivity contribution < 1.29 is 9.18 Å². The van der Waals surface area contributed by atoms with Crippen LogP contribution in [0, 0.1) is 5.82 Å². The van der Waals surface area contributed by atoms with Crippen molar-refractivity contribution in [2.24, 2.45) is 5.73 Å². The van der Waals surface area contributed by atoms with Crippen molar-refractivity contribution in [3.05, 3.63) is 35.6 Å². The van der Waals surface area contributed by atoms with Crippen LogP contribution in [-0.2, 0) is 4.79 Å². The number of carbonyl (C=O) groups is 1. The highest BCUT2D eigenvalue weighted by molar-refractivity contribution is 5.76. The number of nitrogens with two attached hydrogens (primary N) is 1. The van der Waals surface area contributed by atoms with Gasteiger partial charge in [-0.1, -0.05) is 12.1 Å². The van der Waals surface area contributed by atoms with Crippen LogP contribution >= 0.6 is 0 Å². The molecule has 2 N–H and O–H groups in total. The second-order valence-corrected chi connectivity index (χ2v) is 3.06. The van der Waals surface area contributed by atoms with E-state index < -0.39 is 0 Å². The standard InChI is InChI=1S/C10H12FNO/c1-7(13)6-10(12)8-2-4-9(11)5-3-8/h2-5,10H,6,12H2,1H3/t10-/m1/s1. The average molecular weight is 181 g/mol. The summed E-state index contributed by atoms with van der Waals surface area (Å²) in [4.78, 5) is 10.7. The maximum atomic E-state index is 12.5. The molecule has 1 aromatic rings. The lowest BCUT2D eigenvalue weighted by Crippen LogP contribution is -2.13. The van der Waals surface area contributed by atoms with Gasteiger partial charge in [0.15, 0.2) is 0 Å². The van der Waals surface area contributed by atoms with Crippen LogP contribution in [0.3, 0.4) is 0 Å². The first-order valence-electron chi connectivity index (χ1n) is 4.10. The Kier molecular flexibility index (Phi) is 3.14. The zero-order valence-electron chi connectivity index (χ0n) is 7.46. The van der Waals surface area contributed by atoms with Crippen molar-refractivity contribution in [3.63, 3.8) is 0 Å². The van der Waals surface area contributed by atoms with Crippen LogP contribution in [0.25, 0.3) is 0 Å². The SMILES string of the molecule is CC(=O)C[C@@H](N)c1ccc(F)cc1. The van der Waals surface area contributed by atoms with E-state index in [2.05, 4.69) is 0 Å².